The molecule has 0 aliphatic heterocycles. The summed E-state index contributed by atoms with van der Waals surface area (Å²) in [4.78, 5) is 5.56. The number of nitrogens with zero attached hydrogens (tertiary/aromatic N) is 4. The van der Waals surface area contributed by atoms with Crippen LogP contribution in [0.3, 0.4) is 0 Å². The van der Waals surface area contributed by atoms with Gasteiger partial charge in [0.25, 0.3) is 0 Å². The third-order valence-corrected chi connectivity index (χ3v) is 5.24. The lowest BCUT2D eigenvalue weighted by atomic mass is 9.96. The van der Waals surface area contributed by atoms with Crippen LogP contribution in [0.4, 0.5) is 0 Å². The molecule has 0 radical (unpaired) electrons. The van der Waals surface area contributed by atoms with Crippen LogP contribution in [0.2, 0.25) is 0 Å². The minimum Gasteiger partial charge on any atom is -0.216 e. The Labute approximate surface area is 133 Å². The van der Waals surface area contributed by atoms with Gasteiger partial charge in [-0.25, -0.2) is 4.98 Å². The van der Waals surface area contributed by atoms with Crippen molar-refractivity contribution in [3.05, 3.63) is 39.5 Å². The van der Waals surface area contributed by atoms with E-state index >= 15 is 0 Å². The number of nitriles is 1. The Bertz CT molecular complexity index is 915. The van der Waals surface area contributed by atoms with Gasteiger partial charge in [0.2, 0.25) is 4.96 Å². The van der Waals surface area contributed by atoms with E-state index in [1.165, 1.54) is 18.4 Å². The average Bonchev–Trinajstić information content (AvgIpc) is 3.12. The summed E-state index contributed by atoms with van der Waals surface area (Å²) in [5.74, 6) is 0.588. The topological polar surface area (TPSA) is 54.0 Å². The van der Waals surface area contributed by atoms with Gasteiger partial charge in [-0.15, -0.1) is 0 Å². The third kappa shape index (κ3) is 1.95. The van der Waals surface area contributed by atoms with Crippen molar-refractivity contribution in [3.8, 4) is 17.3 Å². The molecule has 0 amide bonds. The van der Waals surface area contributed by atoms with E-state index in [9.17, 15) is 5.26 Å². The zero-order valence-corrected chi connectivity index (χ0v) is 13.7. The standard InChI is InChI=1S/C17H16N4S/c1-9-6-10(2)14(11(3)7-9)15-13(8-18)21-17(19-15)22-16(20-21)12-4-5-12/h6-7,12H,4-5H2,1-3H3. The van der Waals surface area contributed by atoms with Gasteiger partial charge in [-0.2, -0.15) is 14.9 Å². The molecule has 5 heteroatoms. The quantitative estimate of drug-likeness (QED) is 0.715. The fourth-order valence-electron chi connectivity index (χ4n) is 3.09. The molecule has 2 aromatic heterocycles. The minimum absolute atomic E-state index is 0.549. The van der Waals surface area contributed by atoms with Crippen LogP contribution in [0.15, 0.2) is 12.1 Å². The van der Waals surface area contributed by atoms with E-state index in [0.717, 1.165) is 32.4 Å². The molecule has 1 saturated carbocycles. The first kappa shape index (κ1) is 13.5. The van der Waals surface area contributed by atoms with E-state index in [2.05, 4.69) is 44.1 Å². The Kier molecular flexibility index (Phi) is 2.85. The van der Waals surface area contributed by atoms with E-state index in [1.54, 1.807) is 15.9 Å². The number of imidazole rings is 1. The number of aromatic nitrogens is 3. The second-order valence-corrected chi connectivity index (χ2v) is 7.09. The number of fused-ring (bicyclic) bond motifs is 1. The van der Waals surface area contributed by atoms with E-state index < -0.39 is 0 Å². The van der Waals surface area contributed by atoms with Crippen molar-refractivity contribution >= 4 is 16.3 Å². The molecule has 0 saturated heterocycles. The summed E-state index contributed by atoms with van der Waals surface area (Å²) in [6, 6.07) is 6.58. The van der Waals surface area contributed by atoms with Gasteiger partial charge in [0.05, 0.1) is 0 Å². The van der Waals surface area contributed by atoms with Crippen LogP contribution in [-0.4, -0.2) is 14.6 Å². The summed E-state index contributed by atoms with van der Waals surface area (Å²) in [7, 11) is 0. The summed E-state index contributed by atoms with van der Waals surface area (Å²) in [6.07, 6.45) is 2.42. The van der Waals surface area contributed by atoms with Crippen LogP contribution in [0.25, 0.3) is 16.2 Å². The fourth-order valence-corrected chi connectivity index (χ4v) is 4.15. The molecule has 3 aromatic rings. The lowest BCUT2D eigenvalue weighted by molar-refractivity contribution is 0.893. The largest absolute Gasteiger partial charge is 0.216 e. The zero-order valence-electron chi connectivity index (χ0n) is 12.8. The van der Waals surface area contributed by atoms with Crippen molar-refractivity contribution < 1.29 is 0 Å². The zero-order chi connectivity index (χ0) is 15.4. The maximum atomic E-state index is 9.62. The van der Waals surface area contributed by atoms with Gasteiger partial charge >= 0.3 is 0 Å². The Hall–Kier alpha value is -2.19. The molecule has 1 aliphatic carbocycles. The highest BCUT2D eigenvalue weighted by Gasteiger charge is 2.29. The van der Waals surface area contributed by atoms with E-state index in [0.29, 0.717) is 11.6 Å². The third-order valence-electron chi connectivity index (χ3n) is 4.17. The average molecular weight is 308 g/mol. The smallest absolute Gasteiger partial charge is 0.214 e. The number of benzene rings is 1. The number of rotatable bonds is 2. The van der Waals surface area contributed by atoms with Crippen LogP contribution in [0.5, 0.6) is 0 Å². The molecule has 110 valence electrons. The van der Waals surface area contributed by atoms with Crippen molar-refractivity contribution in [1.82, 2.24) is 14.6 Å². The molecule has 4 nitrogen and oxygen atoms in total. The second-order valence-electron chi connectivity index (χ2n) is 6.10. The van der Waals surface area contributed by atoms with Gasteiger partial charge in [-0.05, 0) is 44.7 Å². The molecule has 1 aromatic carbocycles. The minimum atomic E-state index is 0.549. The van der Waals surface area contributed by atoms with Crippen LogP contribution in [-0.2, 0) is 0 Å². The highest BCUT2D eigenvalue weighted by Crippen LogP contribution is 2.42. The summed E-state index contributed by atoms with van der Waals surface area (Å²) >= 11 is 1.62. The molecule has 0 spiro atoms. The highest BCUT2D eigenvalue weighted by atomic mass is 32.1. The monoisotopic (exact) mass is 308 g/mol. The van der Waals surface area contributed by atoms with Gasteiger partial charge in [-0.3, -0.25) is 0 Å². The molecule has 0 N–H and O–H groups in total. The van der Waals surface area contributed by atoms with Crippen LogP contribution in [0, 0.1) is 32.1 Å². The van der Waals surface area contributed by atoms with Gasteiger partial charge < -0.3 is 0 Å². The summed E-state index contributed by atoms with van der Waals surface area (Å²) < 4.78 is 1.73. The van der Waals surface area contributed by atoms with Crippen LogP contribution >= 0.6 is 11.3 Å². The first-order valence-electron chi connectivity index (χ1n) is 7.46. The molecule has 0 atom stereocenters. The van der Waals surface area contributed by atoms with Gasteiger partial charge in [0.1, 0.15) is 16.8 Å². The molecule has 0 unspecified atom stereocenters. The number of hydrogen-bond acceptors (Lipinski definition) is 4. The van der Waals surface area contributed by atoms with Gasteiger partial charge in [0, 0.05) is 11.5 Å². The highest BCUT2D eigenvalue weighted by molar-refractivity contribution is 7.16. The SMILES string of the molecule is Cc1cc(C)c(-c2nc3sc(C4CC4)nn3c2C#N)c(C)c1. The van der Waals surface area contributed by atoms with E-state index in [1.807, 2.05) is 0 Å². The molecular formula is C17H16N4S. The predicted octanol–water partition coefficient (Wildman–Crippen LogP) is 4.13. The number of aryl methyl sites for hydroxylation is 3. The van der Waals surface area contributed by atoms with Crippen molar-refractivity contribution in [2.75, 3.05) is 0 Å². The molecular weight excluding hydrogens is 292 g/mol. The van der Waals surface area contributed by atoms with Crippen molar-refractivity contribution in [2.24, 2.45) is 0 Å². The van der Waals surface area contributed by atoms with E-state index in [-0.39, 0.29) is 0 Å². The first-order chi connectivity index (χ1) is 10.6. The van der Waals surface area contributed by atoms with Crippen LogP contribution in [0.1, 0.15) is 46.2 Å². The summed E-state index contributed by atoms with van der Waals surface area (Å²) in [5, 5.41) is 15.4. The van der Waals surface area contributed by atoms with Crippen molar-refractivity contribution in [2.45, 2.75) is 39.5 Å². The van der Waals surface area contributed by atoms with Gasteiger partial charge in [0.15, 0.2) is 5.69 Å². The predicted molar refractivity (Wildman–Crippen MR) is 87.2 cm³/mol. The molecule has 4 rings (SSSR count). The normalized spacial score (nSPS) is 14.5. The Morgan fingerprint density at radius 3 is 2.50 bits per heavy atom. The maximum absolute atomic E-state index is 9.62. The second kappa shape index (κ2) is 4.65. The summed E-state index contributed by atoms with van der Waals surface area (Å²) in [6.45, 7) is 6.24. The molecule has 1 fully saturated rings. The fraction of sp³-hybridized carbons (Fsp3) is 0.353. The Balaban J connectivity index is 1.96. The van der Waals surface area contributed by atoms with Crippen LogP contribution < -0.4 is 0 Å². The molecule has 2 heterocycles. The number of hydrogen-bond donors (Lipinski definition) is 0. The molecule has 1 aliphatic rings. The first-order valence-corrected chi connectivity index (χ1v) is 8.28. The molecule has 22 heavy (non-hydrogen) atoms. The van der Waals surface area contributed by atoms with Crippen molar-refractivity contribution in [1.29, 1.82) is 5.26 Å². The van der Waals surface area contributed by atoms with Gasteiger partial charge in [-0.1, -0.05) is 29.0 Å². The Morgan fingerprint density at radius 2 is 1.91 bits per heavy atom. The Morgan fingerprint density at radius 1 is 1.23 bits per heavy atom. The van der Waals surface area contributed by atoms with Crippen molar-refractivity contribution in [3.63, 3.8) is 0 Å². The summed E-state index contributed by atoms with van der Waals surface area (Å²) in [5.41, 5.74) is 5.91. The molecule has 0 bridgehead atoms. The lowest BCUT2D eigenvalue weighted by Crippen LogP contribution is -1.95. The maximum Gasteiger partial charge on any atom is 0.214 e. The van der Waals surface area contributed by atoms with E-state index in [4.69, 9.17) is 4.98 Å². The lowest BCUT2D eigenvalue weighted by Gasteiger charge is -2.09.